The summed E-state index contributed by atoms with van der Waals surface area (Å²) in [5, 5.41) is 0. The average molecular weight is 318 g/mol. The standard InChI is InChI=1S/C16H36BO3P/c1-3-5-7-9-11-13-15-16(17-21(18,19)20)14-12-10-8-6-4-2/h16-17H,3-15H2,1-2H3,(H2,18,19,20). The van der Waals surface area contributed by atoms with Crippen LogP contribution in [0.4, 0.5) is 0 Å². The maximum atomic E-state index is 11.2. The molecule has 126 valence electrons. The quantitative estimate of drug-likeness (QED) is 0.241. The Bertz CT molecular complexity index is 268. The predicted molar refractivity (Wildman–Crippen MR) is 94.3 cm³/mol. The third-order valence-corrected chi connectivity index (χ3v) is 5.17. The fourth-order valence-electron chi connectivity index (χ4n) is 2.91. The monoisotopic (exact) mass is 318 g/mol. The molecule has 0 radical (unpaired) electrons. The summed E-state index contributed by atoms with van der Waals surface area (Å²) < 4.78 is 11.2. The smallest absolute Gasteiger partial charge is 0.272 e. The average Bonchev–Trinajstić information content (AvgIpc) is 2.40. The van der Waals surface area contributed by atoms with Crippen LogP contribution < -0.4 is 0 Å². The highest BCUT2D eigenvalue weighted by molar-refractivity contribution is 7.82. The van der Waals surface area contributed by atoms with Gasteiger partial charge >= 0.3 is 0 Å². The molecule has 0 aromatic carbocycles. The zero-order valence-electron chi connectivity index (χ0n) is 14.2. The molecule has 0 aromatic heterocycles. The molecule has 0 aliphatic rings. The van der Waals surface area contributed by atoms with Crippen LogP contribution >= 0.6 is 7.47 Å². The molecule has 2 N–H and O–H groups in total. The fraction of sp³-hybridized carbons (Fsp3) is 1.00. The zero-order valence-corrected chi connectivity index (χ0v) is 15.1. The predicted octanol–water partition coefficient (Wildman–Crippen LogP) is 5.42. The Balaban J connectivity index is 3.84. The Morgan fingerprint density at radius 1 is 0.762 bits per heavy atom. The van der Waals surface area contributed by atoms with Gasteiger partial charge in [-0.05, 0) is 0 Å². The van der Waals surface area contributed by atoms with Crippen LogP contribution in [-0.4, -0.2) is 16.8 Å². The van der Waals surface area contributed by atoms with Gasteiger partial charge < -0.3 is 9.79 Å². The van der Waals surface area contributed by atoms with Gasteiger partial charge in [0.2, 0.25) is 0 Å². The number of hydrogen-bond donors (Lipinski definition) is 2. The van der Waals surface area contributed by atoms with E-state index in [-0.39, 0.29) is 12.8 Å². The third kappa shape index (κ3) is 16.4. The Morgan fingerprint density at radius 3 is 1.52 bits per heavy atom. The molecule has 0 heterocycles. The molecule has 1 atom stereocenters. The normalized spacial score (nSPS) is 13.3. The van der Waals surface area contributed by atoms with Crippen LogP contribution in [0.3, 0.4) is 0 Å². The van der Waals surface area contributed by atoms with E-state index >= 15 is 0 Å². The van der Waals surface area contributed by atoms with E-state index in [4.69, 9.17) is 0 Å². The number of unbranched alkanes of at least 4 members (excludes halogenated alkanes) is 9. The van der Waals surface area contributed by atoms with Gasteiger partial charge in [0.1, 0.15) is 0 Å². The van der Waals surface area contributed by atoms with E-state index in [2.05, 4.69) is 13.8 Å². The van der Waals surface area contributed by atoms with Crippen LogP contribution in [0.25, 0.3) is 0 Å². The molecular formula is C16H36BO3P. The Labute approximate surface area is 132 Å². The lowest BCUT2D eigenvalue weighted by molar-refractivity contribution is 0.392. The van der Waals surface area contributed by atoms with Gasteiger partial charge in [-0.2, -0.15) is 0 Å². The van der Waals surface area contributed by atoms with Gasteiger partial charge in [-0.1, -0.05) is 103 Å². The fourth-order valence-corrected chi connectivity index (χ4v) is 3.95. The van der Waals surface area contributed by atoms with E-state index in [1.165, 1.54) is 57.8 Å². The molecule has 0 amide bonds. The molecule has 0 spiro atoms. The van der Waals surface area contributed by atoms with Gasteiger partial charge in [0.15, 0.2) is 0 Å². The summed E-state index contributed by atoms with van der Waals surface area (Å²) in [5.41, 5.74) is 0. The van der Waals surface area contributed by atoms with Gasteiger partial charge in [0.25, 0.3) is 14.5 Å². The highest BCUT2D eigenvalue weighted by Crippen LogP contribution is 2.40. The first kappa shape index (κ1) is 21.2. The molecule has 0 aliphatic heterocycles. The second-order valence-corrected chi connectivity index (χ2v) is 8.17. The van der Waals surface area contributed by atoms with Crippen LogP contribution in [0, 0.1) is 0 Å². The van der Waals surface area contributed by atoms with Crippen LogP contribution in [-0.2, 0) is 4.57 Å². The van der Waals surface area contributed by atoms with Crippen molar-refractivity contribution in [2.45, 2.75) is 103 Å². The molecule has 0 aromatic rings. The third-order valence-electron chi connectivity index (χ3n) is 4.18. The molecule has 1 unspecified atom stereocenters. The van der Waals surface area contributed by atoms with Gasteiger partial charge in [0, 0.05) is 0 Å². The minimum atomic E-state index is -3.85. The number of hydrogen-bond acceptors (Lipinski definition) is 1. The molecule has 0 aliphatic carbocycles. The van der Waals surface area contributed by atoms with Crippen LogP contribution in [0.15, 0.2) is 0 Å². The van der Waals surface area contributed by atoms with Crippen molar-refractivity contribution < 1.29 is 14.4 Å². The highest BCUT2D eigenvalue weighted by Gasteiger charge is 2.23. The van der Waals surface area contributed by atoms with Gasteiger partial charge in [-0.3, -0.25) is 4.57 Å². The topological polar surface area (TPSA) is 57.5 Å². The first-order valence-corrected chi connectivity index (χ1v) is 10.8. The van der Waals surface area contributed by atoms with Crippen molar-refractivity contribution in [1.29, 1.82) is 0 Å². The first-order chi connectivity index (χ1) is 9.99. The molecule has 21 heavy (non-hydrogen) atoms. The van der Waals surface area contributed by atoms with Crippen molar-refractivity contribution >= 4 is 14.5 Å². The van der Waals surface area contributed by atoms with Crippen LogP contribution in [0.2, 0.25) is 5.82 Å². The molecule has 0 bridgehead atoms. The summed E-state index contributed by atoms with van der Waals surface area (Å²) in [7, 11) is -3.85. The van der Waals surface area contributed by atoms with Gasteiger partial charge in [-0.15, -0.1) is 0 Å². The summed E-state index contributed by atoms with van der Waals surface area (Å²) in [6, 6.07) is 0. The van der Waals surface area contributed by atoms with Crippen molar-refractivity contribution in [3.8, 4) is 0 Å². The van der Waals surface area contributed by atoms with Crippen molar-refractivity contribution in [3.05, 3.63) is 0 Å². The van der Waals surface area contributed by atoms with Crippen molar-refractivity contribution in [2.75, 3.05) is 0 Å². The van der Waals surface area contributed by atoms with E-state index in [1.54, 1.807) is 0 Å². The lowest BCUT2D eigenvalue weighted by Gasteiger charge is -2.16. The van der Waals surface area contributed by atoms with E-state index < -0.39 is 7.47 Å². The minimum absolute atomic E-state index is 0.0930. The van der Waals surface area contributed by atoms with E-state index in [0.717, 1.165) is 25.7 Å². The summed E-state index contributed by atoms with van der Waals surface area (Å²) in [4.78, 5) is 18.4. The van der Waals surface area contributed by atoms with Crippen molar-refractivity contribution in [3.63, 3.8) is 0 Å². The maximum absolute atomic E-state index is 11.2. The molecule has 0 fully saturated rings. The van der Waals surface area contributed by atoms with Gasteiger partial charge in [-0.25, -0.2) is 0 Å². The molecule has 0 saturated carbocycles. The van der Waals surface area contributed by atoms with Crippen molar-refractivity contribution in [1.82, 2.24) is 0 Å². The van der Waals surface area contributed by atoms with E-state index in [0.29, 0.717) is 0 Å². The summed E-state index contributed by atoms with van der Waals surface area (Å²) in [6.45, 7) is 4.51. The Hall–Kier alpha value is 0.215. The summed E-state index contributed by atoms with van der Waals surface area (Å²) >= 11 is 0. The van der Waals surface area contributed by atoms with E-state index in [1.807, 2.05) is 0 Å². The van der Waals surface area contributed by atoms with Gasteiger partial charge in [0.05, 0.1) is 0 Å². The second kappa shape index (κ2) is 13.8. The molecule has 0 rings (SSSR count). The molecule has 5 heteroatoms. The van der Waals surface area contributed by atoms with Crippen molar-refractivity contribution in [2.24, 2.45) is 0 Å². The highest BCUT2D eigenvalue weighted by atomic mass is 31.2. The summed E-state index contributed by atoms with van der Waals surface area (Å²) in [5.74, 6) is 0.221. The Kier molecular flexibility index (Phi) is 14.0. The van der Waals surface area contributed by atoms with E-state index in [9.17, 15) is 14.4 Å². The first-order valence-electron chi connectivity index (χ1n) is 9.04. The largest absolute Gasteiger partial charge is 0.332 e. The Morgan fingerprint density at radius 2 is 1.14 bits per heavy atom. The number of rotatable bonds is 15. The van der Waals surface area contributed by atoms with Crippen LogP contribution in [0.1, 0.15) is 97.3 Å². The molecule has 0 saturated heterocycles. The summed E-state index contributed by atoms with van der Waals surface area (Å²) in [6.07, 6.45) is 15.6. The molecular weight excluding hydrogens is 282 g/mol. The SMILES string of the molecule is CCCCCCCCC(BP(=O)(O)O)CCCCCCC. The lowest BCUT2D eigenvalue weighted by atomic mass is 9.77. The molecule has 3 nitrogen and oxygen atoms in total. The van der Waals surface area contributed by atoms with Crippen LogP contribution in [0.5, 0.6) is 0 Å². The maximum Gasteiger partial charge on any atom is 0.272 e. The second-order valence-electron chi connectivity index (χ2n) is 6.47. The minimum Gasteiger partial charge on any atom is -0.332 e. The lowest BCUT2D eigenvalue weighted by Crippen LogP contribution is -2.05. The zero-order chi connectivity index (χ0) is 16.0.